The van der Waals surface area contributed by atoms with Crippen LogP contribution in [0.2, 0.25) is 0 Å². The maximum Gasteiger partial charge on any atom is 0.271 e. The van der Waals surface area contributed by atoms with Crippen molar-refractivity contribution in [2.75, 3.05) is 11.9 Å². The van der Waals surface area contributed by atoms with Crippen LogP contribution in [0.15, 0.2) is 30.9 Å². The van der Waals surface area contributed by atoms with Gasteiger partial charge in [0.05, 0.1) is 11.9 Å². The van der Waals surface area contributed by atoms with E-state index in [1.54, 1.807) is 29.1 Å². The van der Waals surface area contributed by atoms with Gasteiger partial charge in [0.1, 0.15) is 17.8 Å². The molecule has 0 saturated heterocycles. The molecule has 2 rings (SSSR count). The van der Waals surface area contributed by atoms with Gasteiger partial charge in [0.2, 0.25) is 5.91 Å². The number of carbonyl (C=O) groups excluding carboxylic acids is 2. The van der Waals surface area contributed by atoms with E-state index in [1.807, 2.05) is 20.8 Å². The molecule has 0 atom stereocenters. The summed E-state index contributed by atoms with van der Waals surface area (Å²) < 4.78 is 1.66. The Hall–Kier alpha value is -2.70. The van der Waals surface area contributed by atoms with Gasteiger partial charge in [-0.15, -0.1) is 0 Å². The van der Waals surface area contributed by atoms with Crippen molar-refractivity contribution < 1.29 is 9.59 Å². The molecular weight excluding hydrogens is 294 g/mol. The van der Waals surface area contributed by atoms with Gasteiger partial charge >= 0.3 is 0 Å². The van der Waals surface area contributed by atoms with Crippen molar-refractivity contribution in [3.8, 4) is 5.82 Å². The summed E-state index contributed by atoms with van der Waals surface area (Å²) in [6.07, 6.45) is 5.20. The molecule has 2 aromatic heterocycles. The summed E-state index contributed by atoms with van der Waals surface area (Å²) in [6.45, 7) is 6.38. The number of nitrogens with one attached hydrogen (secondary N) is 2. The van der Waals surface area contributed by atoms with E-state index in [0.29, 0.717) is 36.1 Å². The van der Waals surface area contributed by atoms with Crippen molar-refractivity contribution in [1.29, 1.82) is 0 Å². The standard InChI is InChI=1S/C16H21N5O2/c1-4-17-16(23)13-9-21(10-19-13)14-6-5-12(8-18-14)20-15(22)7-11(2)3/h5-6,8-11H,4,7H2,1-3H3,(H,17,23)(H,20,22). The van der Waals surface area contributed by atoms with Crippen molar-refractivity contribution in [2.24, 2.45) is 5.92 Å². The maximum atomic E-state index is 11.7. The molecule has 0 radical (unpaired) electrons. The van der Waals surface area contributed by atoms with Gasteiger partial charge in [-0.25, -0.2) is 9.97 Å². The maximum absolute atomic E-state index is 11.7. The molecule has 0 aliphatic heterocycles. The second kappa shape index (κ2) is 7.53. The van der Waals surface area contributed by atoms with Gasteiger partial charge < -0.3 is 10.6 Å². The molecule has 0 aliphatic rings. The number of amides is 2. The van der Waals surface area contributed by atoms with Gasteiger partial charge in [0.15, 0.2) is 0 Å². The lowest BCUT2D eigenvalue weighted by Gasteiger charge is -2.07. The highest BCUT2D eigenvalue weighted by molar-refractivity contribution is 5.92. The lowest BCUT2D eigenvalue weighted by molar-refractivity contribution is -0.116. The van der Waals surface area contributed by atoms with E-state index in [9.17, 15) is 9.59 Å². The number of aromatic nitrogens is 3. The first-order chi connectivity index (χ1) is 11.0. The van der Waals surface area contributed by atoms with Gasteiger partial charge in [0, 0.05) is 19.2 Å². The van der Waals surface area contributed by atoms with E-state index in [2.05, 4.69) is 20.6 Å². The molecule has 0 aliphatic carbocycles. The molecule has 2 amide bonds. The zero-order valence-corrected chi connectivity index (χ0v) is 13.5. The molecule has 0 spiro atoms. The first-order valence-corrected chi connectivity index (χ1v) is 7.58. The number of hydrogen-bond donors (Lipinski definition) is 2. The molecule has 2 N–H and O–H groups in total. The Morgan fingerprint density at radius 3 is 2.65 bits per heavy atom. The fraction of sp³-hybridized carbons (Fsp3) is 0.375. The Morgan fingerprint density at radius 1 is 1.26 bits per heavy atom. The Balaban J connectivity index is 2.05. The summed E-state index contributed by atoms with van der Waals surface area (Å²) in [5.74, 6) is 0.676. The first-order valence-electron chi connectivity index (χ1n) is 7.58. The highest BCUT2D eigenvalue weighted by Gasteiger charge is 2.10. The molecule has 2 heterocycles. The fourth-order valence-electron chi connectivity index (χ4n) is 2.01. The number of imidazole rings is 1. The van der Waals surface area contributed by atoms with Crippen molar-refractivity contribution in [3.05, 3.63) is 36.5 Å². The normalized spacial score (nSPS) is 10.6. The van der Waals surface area contributed by atoms with Crippen LogP contribution in [0.4, 0.5) is 5.69 Å². The van der Waals surface area contributed by atoms with Crippen LogP contribution in [0.25, 0.3) is 5.82 Å². The van der Waals surface area contributed by atoms with Crippen LogP contribution in [-0.2, 0) is 4.79 Å². The molecule has 0 unspecified atom stereocenters. The van der Waals surface area contributed by atoms with Gasteiger partial charge in [-0.05, 0) is 25.0 Å². The quantitative estimate of drug-likeness (QED) is 0.853. The highest BCUT2D eigenvalue weighted by Crippen LogP contribution is 2.12. The Bertz CT molecular complexity index is 676. The molecule has 0 bridgehead atoms. The van der Waals surface area contributed by atoms with Crippen LogP contribution in [0, 0.1) is 5.92 Å². The van der Waals surface area contributed by atoms with Crippen molar-refractivity contribution in [3.63, 3.8) is 0 Å². The molecule has 122 valence electrons. The summed E-state index contributed by atoms with van der Waals surface area (Å²) in [5, 5.41) is 5.49. The number of hydrogen-bond acceptors (Lipinski definition) is 4. The third kappa shape index (κ3) is 4.64. The fourth-order valence-corrected chi connectivity index (χ4v) is 2.01. The van der Waals surface area contributed by atoms with E-state index in [-0.39, 0.29) is 11.8 Å². The predicted molar refractivity (Wildman–Crippen MR) is 87.5 cm³/mol. The second-order valence-corrected chi connectivity index (χ2v) is 5.58. The number of carbonyl (C=O) groups is 2. The molecule has 0 saturated carbocycles. The zero-order valence-electron chi connectivity index (χ0n) is 13.5. The summed E-state index contributed by atoms with van der Waals surface area (Å²) in [6, 6.07) is 3.53. The SMILES string of the molecule is CCNC(=O)c1cn(-c2ccc(NC(=O)CC(C)C)cn2)cn1. The highest BCUT2D eigenvalue weighted by atomic mass is 16.2. The van der Waals surface area contributed by atoms with Gasteiger partial charge in [-0.2, -0.15) is 0 Å². The van der Waals surface area contributed by atoms with Crippen LogP contribution in [0.3, 0.4) is 0 Å². The molecule has 23 heavy (non-hydrogen) atoms. The van der Waals surface area contributed by atoms with Crippen LogP contribution >= 0.6 is 0 Å². The predicted octanol–water partition coefficient (Wildman–Crippen LogP) is 2.00. The van der Waals surface area contributed by atoms with Gasteiger partial charge in [-0.1, -0.05) is 13.8 Å². The lowest BCUT2D eigenvalue weighted by atomic mass is 10.1. The summed E-state index contributed by atoms with van der Waals surface area (Å²) in [4.78, 5) is 31.7. The van der Waals surface area contributed by atoms with Gasteiger partial charge in [-0.3, -0.25) is 14.2 Å². The van der Waals surface area contributed by atoms with Crippen molar-refractivity contribution in [2.45, 2.75) is 27.2 Å². The number of rotatable bonds is 6. The third-order valence-corrected chi connectivity index (χ3v) is 3.04. The Labute approximate surface area is 135 Å². The second-order valence-electron chi connectivity index (χ2n) is 5.58. The average molecular weight is 315 g/mol. The molecule has 7 nitrogen and oxygen atoms in total. The molecular formula is C16H21N5O2. The minimum atomic E-state index is -0.219. The zero-order chi connectivity index (χ0) is 16.8. The van der Waals surface area contributed by atoms with Gasteiger partial charge in [0.25, 0.3) is 5.91 Å². The minimum Gasteiger partial charge on any atom is -0.351 e. The van der Waals surface area contributed by atoms with Crippen molar-refractivity contribution in [1.82, 2.24) is 19.9 Å². The monoisotopic (exact) mass is 315 g/mol. The molecule has 0 fully saturated rings. The van der Waals surface area contributed by atoms with Crippen molar-refractivity contribution >= 4 is 17.5 Å². The van der Waals surface area contributed by atoms with Crippen LogP contribution in [0.5, 0.6) is 0 Å². The summed E-state index contributed by atoms with van der Waals surface area (Å²) in [5.41, 5.74) is 0.978. The Morgan fingerprint density at radius 2 is 2.04 bits per heavy atom. The van der Waals surface area contributed by atoms with E-state index < -0.39 is 0 Å². The van der Waals surface area contributed by atoms with E-state index in [1.165, 1.54) is 6.33 Å². The number of pyridine rings is 1. The minimum absolute atomic E-state index is 0.0318. The van der Waals surface area contributed by atoms with Crippen LogP contribution in [-0.4, -0.2) is 32.9 Å². The smallest absolute Gasteiger partial charge is 0.271 e. The Kier molecular flexibility index (Phi) is 5.46. The first kappa shape index (κ1) is 16.7. The third-order valence-electron chi connectivity index (χ3n) is 3.04. The molecule has 0 aromatic carbocycles. The topological polar surface area (TPSA) is 88.9 Å². The van der Waals surface area contributed by atoms with E-state index in [4.69, 9.17) is 0 Å². The molecule has 7 heteroatoms. The summed E-state index contributed by atoms with van der Waals surface area (Å²) >= 11 is 0. The number of anilines is 1. The van der Waals surface area contributed by atoms with E-state index >= 15 is 0 Å². The van der Waals surface area contributed by atoms with E-state index in [0.717, 1.165) is 0 Å². The summed E-state index contributed by atoms with van der Waals surface area (Å²) in [7, 11) is 0. The van der Waals surface area contributed by atoms with Crippen LogP contribution in [0.1, 0.15) is 37.7 Å². The average Bonchev–Trinajstić information content (AvgIpc) is 2.97. The molecule has 2 aromatic rings. The van der Waals surface area contributed by atoms with Crippen LogP contribution < -0.4 is 10.6 Å². The largest absolute Gasteiger partial charge is 0.351 e. The lowest BCUT2D eigenvalue weighted by Crippen LogP contribution is -2.22. The number of nitrogens with zero attached hydrogens (tertiary/aromatic N) is 3.